The Bertz CT molecular complexity index is 471. The van der Waals surface area contributed by atoms with Gasteiger partial charge in [0.1, 0.15) is 0 Å². The lowest BCUT2D eigenvalue weighted by atomic mass is 9.58. The molecule has 0 radical (unpaired) electrons. The van der Waals surface area contributed by atoms with E-state index in [0.717, 1.165) is 24.1 Å². The van der Waals surface area contributed by atoms with Gasteiger partial charge in [-0.25, -0.2) is 9.78 Å². The fraction of sp³-hybridized carbons (Fsp3) is 0.714. The van der Waals surface area contributed by atoms with Crippen LogP contribution in [0.4, 0.5) is 9.93 Å². The molecular formula is C14H23N3O2S. The van der Waals surface area contributed by atoms with Crippen LogP contribution in [0.3, 0.4) is 0 Å². The zero-order valence-electron chi connectivity index (χ0n) is 12.5. The van der Waals surface area contributed by atoms with E-state index in [0.29, 0.717) is 5.13 Å². The first-order valence-electron chi connectivity index (χ1n) is 7.08. The lowest BCUT2D eigenvalue weighted by Crippen LogP contribution is -2.64. The van der Waals surface area contributed by atoms with Crippen LogP contribution < -0.4 is 10.6 Å². The predicted molar refractivity (Wildman–Crippen MR) is 81.2 cm³/mol. The van der Waals surface area contributed by atoms with Crippen molar-refractivity contribution >= 4 is 22.5 Å². The van der Waals surface area contributed by atoms with Crippen LogP contribution in [0.1, 0.15) is 38.0 Å². The largest absolute Gasteiger partial charge is 0.381 e. The van der Waals surface area contributed by atoms with Crippen molar-refractivity contribution in [1.29, 1.82) is 0 Å². The van der Waals surface area contributed by atoms with E-state index in [9.17, 15) is 4.79 Å². The Balaban J connectivity index is 1.94. The summed E-state index contributed by atoms with van der Waals surface area (Å²) in [5.74, 6) is 0. The van der Waals surface area contributed by atoms with Crippen molar-refractivity contribution in [3.63, 3.8) is 0 Å². The van der Waals surface area contributed by atoms with Crippen molar-refractivity contribution in [3.05, 3.63) is 11.1 Å². The molecule has 112 valence electrons. The second kappa shape index (κ2) is 6.10. The fourth-order valence-electron chi connectivity index (χ4n) is 3.18. The molecule has 5 nitrogen and oxygen atoms in total. The SMILES string of the molecule is CCC1(CC)C(NC(=O)Nc2ncc(C)s2)CC1OC. The summed E-state index contributed by atoms with van der Waals surface area (Å²) in [7, 11) is 1.75. The smallest absolute Gasteiger partial charge is 0.321 e. The van der Waals surface area contributed by atoms with Crippen molar-refractivity contribution in [2.45, 2.75) is 52.2 Å². The Labute approximate surface area is 124 Å². The van der Waals surface area contributed by atoms with Crippen LogP contribution in [0.15, 0.2) is 6.20 Å². The molecule has 20 heavy (non-hydrogen) atoms. The maximum Gasteiger partial charge on any atom is 0.321 e. The third-order valence-corrected chi connectivity index (χ3v) is 5.36. The molecule has 0 saturated heterocycles. The molecule has 0 aliphatic heterocycles. The van der Waals surface area contributed by atoms with Crippen LogP contribution in [0.5, 0.6) is 0 Å². The van der Waals surface area contributed by atoms with Crippen LogP contribution in [0, 0.1) is 12.3 Å². The zero-order valence-corrected chi connectivity index (χ0v) is 13.3. The molecule has 2 N–H and O–H groups in total. The molecule has 1 heterocycles. The number of urea groups is 1. The highest BCUT2D eigenvalue weighted by Crippen LogP contribution is 2.48. The van der Waals surface area contributed by atoms with E-state index in [4.69, 9.17) is 4.74 Å². The lowest BCUT2D eigenvalue weighted by molar-refractivity contribution is -0.119. The normalized spacial score (nSPS) is 24.0. The summed E-state index contributed by atoms with van der Waals surface area (Å²) in [6.45, 7) is 6.28. The summed E-state index contributed by atoms with van der Waals surface area (Å²) in [5.41, 5.74) is 0.0604. The third kappa shape index (κ3) is 2.67. The van der Waals surface area contributed by atoms with E-state index in [1.54, 1.807) is 13.3 Å². The summed E-state index contributed by atoms with van der Waals surface area (Å²) >= 11 is 1.48. The van der Waals surface area contributed by atoms with Crippen molar-refractivity contribution in [1.82, 2.24) is 10.3 Å². The molecule has 1 aliphatic rings. The number of amides is 2. The van der Waals surface area contributed by atoms with Gasteiger partial charge in [0.05, 0.1) is 6.10 Å². The standard InChI is InChI=1S/C14H23N3O2S/c1-5-14(6-2)10(7-11(14)19-4)16-12(18)17-13-15-8-9(3)20-13/h8,10-11H,5-7H2,1-4H3,(H2,15,16,17,18). The number of ether oxygens (including phenoxy) is 1. The van der Waals surface area contributed by atoms with Gasteiger partial charge < -0.3 is 10.1 Å². The van der Waals surface area contributed by atoms with E-state index in [2.05, 4.69) is 29.5 Å². The average Bonchev–Trinajstić information content (AvgIpc) is 2.81. The first-order chi connectivity index (χ1) is 9.55. The fourth-order valence-corrected chi connectivity index (χ4v) is 3.84. The molecule has 1 saturated carbocycles. The second-order valence-corrected chi connectivity index (χ2v) is 6.56. The molecule has 1 aromatic rings. The number of aryl methyl sites for hydroxylation is 1. The molecule has 0 bridgehead atoms. The number of rotatable bonds is 5. The zero-order chi connectivity index (χ0) is 14.8. The summed E-state index contributed by atoms with van der Waals surface area (Å²) in [6, 6.07) is -0.00585. The highest BCUT2D eigenvalue weighted by molar-refractivity contribution is 7.15. The van der Waals surface area contributed by atoms with Gasteiger partial charge in [0.2, 0.25) is 0 Å². The minimum atomic E-state index is -0.176. The van der Waals surface area contributed by atoms with E-state index in [1.165, 1.54) is 11.3 Å². The molecule has 1 aromatic heterocycles. The minimum Gasteiger partial charge on any atom is -0.381 e. The van der Waals surface area contributed by atoms with E-state index in [-0.39, 0.29) is 23.6 Å². The van der Waals surface area contributed by atoms with E-state index >= 15 is 0 Å². The van der Waals surface area contributed by atoms with Gasteiger partial charge in [-0.3, -0.25) is 5.32 Å². The Kier molecular flexibility index (Phi) is 4.65. The summed E-state index contributed by atoms with van der Waals surface area (Å²) in [4.78, 5) is 17.3. The number of carbonyl (C=O) groups is 1. The Morgan fingerprint density at radius 3 is 2.75 bits per heavy atom. The van der Waals surface area contributed by atoms with E-state index in [1.807, 2.05) is 6.92 Å². The van der Waals surface area contributed by atoms with Gasteiger partial charge in [0.25, 0.3) is 0 Å². The first kappa shape index (κ1) is 15.3. The van der Waals surface area contributed by atoms with Gasteiger partial charge >= 0.3 is 6.03 Å². The number of hydrogen-bond donors (Lipinski definition) is 2. The molecule has 1 aliphatic carbocycles. The topological polar surface area (TPSA) is 63.2 Å². The second-order valence-electron chi connectivity index (χ2n) is 5.33. The molecule has 0 aromatic carbocycles. The number of anilines is 1. The summed E-state index contributed by atoms with van der Waals surface area (Å²) in [6.07, 6.45) is 4.88. The van der Waals surface area contributed by atoms with Crippen LogP contribution in [0.25, 0.3) is 0 Å². The van der Waals surface area contributed by atoms with Crippen molar-refractivity contribution < 1.29 is 9.53 Å². The van der Waals surface area contributed by atoms with Gasteiger partial charge in [-0.05, 0) is 26.2 Å². The van der Waals surface area contributed by atoms with Crippen molar-refractivity contribution in [2.24, 2.45) is 5.41 Å². The Morgan fingerprint density at radius 2 is 2.25 bits per heavy atom. The van der Waals surface area contributed by atoms with Crippen LogP contribution in [-0.4, -0.2) is 30.3 Å². The number of aromatic nitrogens is 1. The quantitative estimate of drug-likeness (QED) is 0.877. The monoisotopic (exact) mass is 297 g/mol. The van der Waals surface area contributed by atoms with Gasteiger partial charge in [0, 0.05) is 29.6 Å². The lowest BCUT2D eigenvalue weighted by Gasteiger charge is -2.54. The summed E-state index contributed by atoms with van der Waals surface area (Å²) < 4.78 is 5.54. The molecule has 2 rings (SSSR count). The van der Waals surface area contributed by atoms with Gasteiger partial charge in [0.15, 0.2) is 5.13 Å². The highest BCUT2D eigenvalue weighted by atomic mass is 32.1. The highest BCUT2D eigenvalue weighted by Gasteiger charge is 2.53. The predicted octanol–water partition coefficient (Wildman–Crippen LogP) is 3.17. The van der Waals surface area contributed by atoms with Crippen molar-refractivity contribution in [3.8, 4) is 0 Å². The molecule has 2 unspecified atom stereocenters. The molecule has 1 fully saturated rings. The number of methoxy groups -OCH3 is 1. The maximum atomic E-state index is 12.0. The molecular weight excluding hydrogens is 274 g/mol. The minimum absolute atomic E-state index is 0.0604. The number of carbonyl (C=O) groups excluding carboxylic acids is 1. The van der Waals surface area contributed by atoms with Crippen molar-refractivity contribution in [2.75, 3.05) is 12.4 Å². The van der Waals surface area contributed by atoms with Gasteiger partial charge in [-0.1, -0.05) is 13.8 Å². The molecule has 2 atom stereocenters. The van der Waals surface area contributed by atoms with E-state index < -0.39 is 0 Å². The maximum absolute atomic E-state index is 12.0. The third-order valence-electron chi connectivity index (χ3n) is 4.53. The van der Waals surface area contributed by atoms with Gasteiger partial charge in [-0.15, -0.1) is 11.3 Å². The molecule has 6 heteroatoms. The Hall–Kier alpha value is -1.14. The molecule has 0 spiro atoms. The average molecular weight is 297 g/mol. The van der Waals surface area contributed by atoms with Crippen LogP contribution >= 0.6 is 11.3 Å². The van der Waals surface area contributed by atoms with Gasteiger partial charge in [-0.2, -0.15) is 0 Å². The summed E-state index contributed by atoms with van der Waals surface area (Å²) in [5, 5.41) is 6.51. The number of thiazole rings is 1. The first-order valence-corrected chi connectivity index (χ1v) is 7.90. The van der Waals surface area contributed by atoms with Crippen LogP contribution in [0.2, 0.25) is 0 Å². The van der Waals surface area contributed by atoms with Crippen LogP contribution in [-0.2, 0) is 4.74 Å². The number of nitrogens with one attached hydrogen (secondary N) is 2. The number of hydrogen-bond acceptors (Lipinski definition) is 4. The molecule has 2 amide bonds. The number of nitrogens with zero attached hydrogens (tertiary/aromatic N) is 1. The Morgan fingerprint density at radius 1 is 1.55 bits per heavy atom.